The first-order chi connectivity index (χ1) is 16.3. The highest BCUT2D eigenvalue weighted by Gasteiger charge is 2.43. The minimum atomic E-state index is -4.73. The molecule has 4 atom stereocenters. The number of hydrogen-bond donors (Lipinski definition) is 1. The summed E-state index contributed by atoms with van der Waals surface area (Å²) in [6.45, 7) is 4.36. The van der Waals surface area contributed by atoms with E-state index in [9.17, 15) is 22.0 Å². The molecule has 2 saturated heterocycles. The molecule has 2 aromatic rings. The van der Waals surface area contributed by atoms with Gasteiger partial charge in [-0.15, -0.1) is 10.2 Å². The fraction of sp³-hybridized carbons (Fsp3) is 0.565. The van der Waals surface area contributed by atoms with Crippen molar-refractivity contribution in [1.29, 1.82) is 0 Å². The molecule has 0 bridgehead atoms. The number of ether oxygens (including phenoxy) is 2. The van der Waals surface area contributed by atoms with E-state index in [1.165, 1.54) is 0 Å². The van der Waals surface area contributed by atoms with Crippen molar-refractivity contribution in [3.05, 3.63) is 41.5 Å². The van der Waals surface area contributed by atoms with Gasteiger partial charge in [0.05, 0.1) is 31.6 Å². The summed E-state index contributed by atoms with van der Waals surface area (Å²) in [5.41, 5.74) is -1.79. The van der Waals surface area contributed by atoms with Crippen LogP contribution in [0, 0.1) is 23.5 Å². The van der Waals surface area contributed by atoms with Gasteiger partial charge >= 0.3 is 6.18 Å². The largest absolute Gasteiger partial charge is 0.420 e. The Bertz CT molecular complexity index is 1020. The van der Waals surface area contributed by atoms with Gasteiger partial charge in [0, 0.05) is 31.2 Å². The van der Waals surface area contributed by atoms with Crippen LogP contribution in [-0.4, -0.2) is 66.7 Å². The maximum Gasteiger partial charge on any atom is 0.420 e. The first-order valence-corrected chi connectivity index (χ1v) is 11.3. The van der Waals surface area contributed by atoms with Gasteiger partial charge in [-0.1, -0.05) is 0 Å². The van der Waals surface area contributed by atoms with E-state index in [1.807, 2.05) is 0 Å². The van der Waals surface area contributed by atoms with Crippen molar-refractivity contribution in [3.63, 3.8) is 0 Å². The summed E-state index contributed by atoms with van der Waals surface area (Å²) in [7, 11) is 0. The van der Waals surface area contributed by atoms with Crippen LogP contribution in [0.5, 0.6) is 0 Å². The lowest BCUT2D eigenvalue weighted by Crippen LogP contribution is -2.39. The van der Waals surface area contributed by atoms with Crippen LogP contribution >= 0.6 is 0 Å². The molecule has 0 radical (unpaired) electrons. The monoisotopic (exact) mass is 484 g/mol. The van der Waals surface area contributed by atoms with E-state index in [1.54, 1.807) is 0 Å². The van der Waals surface area contributed by atoms with Crippen molar-refractivity contribution < 1.29 is 31.4 Å². The van der Waals surface area contributed by atoms with E-state index in [0.29, 0.717) is 31.7 Å². The van der Waals surface area contributed by atoms with E-state index in [2.05, 4.69) is 20.4 Å². The number of likely N-dealkylation sites (tertiary alicyclic amines) is 1. The van der Waals surface area contributed by atoms with Crippen LogP contribution in [0.4, 0.5) is 27.8 Å². The summed E-state index contributed by atoms with van der Waals surface area (Å²) in [4.78, 5) is 2.34. The number of fused-ring (bicyclic) bond motifs is 1. The van der Waals surface area contributed by atoms with E-state index >= 15 is 0 Å². The number of halogens is 5. The second kappa shape index (κ2) is 9.35. The van der Waals surface area contributed by atoms with Gasteiger partial charge in [-0.05, 0) is 48.9 Å². The van der Waals surface area contributed by atoms with Crippen molar-refractivity contribution in [2.45, 2.75) is 31.2 Å². The van der Waals surface area contributed by atoms with Crippen LogP contribution in [0.25, 0.3) is 11.3 Å². The van der Waals surface area contributed by atoms with Crippen LogP contribution in [0.2, 0.25) is 0 Å². The molecule has 6 nitrogen and oxygen atoms in total. The van der Waals surface area contributed by atoms with Crippen LogP contribution < -0.4 is 5.32 Å². The van der Waals surface area contributed by atoms with Gasteiger partial charge in [-0.2, -0.15) is 13.2 Å². The zero-order valence-electron chi connectivity index (χ0n) is 18.3. The molecular formula is C23H25F5N4O2. The zero-order chi connectivity index (χ0) is 23.9. The lowest BCUT2D eigenvalue weighted by atomic mass is 10.0. The Morgan fingerprint density at radius 3 is 2.47 bits per heavy atom. The first kappa shape index (κ1) is 23.4. The fourth-order valence-corrected chi connectivity index (χ4v) is 5.33. The molecule has 184 valence electrons. The molecule has 0 spiro atoms. The van der Waals surface area contributed by atoms with Gasteiger partial charge in [0.1, 0.15) is 17.2 Å². The van der Waals surface area contributed by atoms with Crippen LogP contribution in [0.1, 0.15) is 18.4 Å². The fourth-order valence-electron chi connectivity index (χ4n) is 5.33. The second-order valence-electron chi connectivity index (χ2n) is 9.23. The molecule has 1 aliphatic carbocycles. The van der Waals surface area contributed by atoms with Gasteiger partial charge in [-0.3, -0.25) is 0 Å². The summed E-state index contributed by atoms with van der Waals surface area (Å²) in [6, 6.07) is 3.09. The summed E-state index contributed by atoms with van der Waals surface area (Å²) in [5.74, 6) is -1.27. The number of nitrogens with one attached hydrogen (secondary N) is 1. The highest BCUT2D eigenvalue weighted by Crippen LogP contribution is 2.41. The molecular weight excluding hydrogens is 459 g/mol. The minimum absolute atomic E-state index is 0.0626. The summed E-state index contributed by atoms with van der Waals surface area (Å²) >= 11 is 0. The number of nitrogens with zero attached hydrogens (tertiary/aromatic N) is 3. The molecule has 1 aromatic carbocycles. The van der Waals surface area contributed by atoms with Gasteiger partial charge < -0.3 is 19.7 Å². The standard InChI is InChI=1S/C23H25F5N4O2/c24-15-1-2-20(25)18(7-15)21-8-19(23(26,27)28)22(31-30-21)29-16-5-13-9-32(10-14(13)6-16)11-17-12-33-3-4-34-17/h1-2,7-8,13-14,16-17H,3-6,9-12H2,(H,29,31)/t13-,14+,16+,17-/m1/s1. The maximum absolute atomic E-state index is 14.1. The third-order valence-corrected chi connectivity index (χ3v) is 6.82. The first-order valence-electron chi connectivity index (χ1n) is 11.3. The molecule has 3 fully saturated rings. The van der Waals surface area contributed by atoms with E-state index in [0.717, 1.165) is 56.7 Å². The maximum atomic E-state index is 14.1. The van der Waals surface area contributed by atoms with Crippen molar-refractivity contribution >= 4 is 5.82 Å². The molecule has 34 heavy (non-hydrogen) atoms. The SMILES string of the molecule is Fc1ccc(F)c(-c2cc(C(F)(F)F)c(N[C@H]3C[C@@H]4CN(C[C@@H]5COCCO5)C[C@@H]4C3)nn2)c1. The summed E-state index contributed by atoms with van der Waals surface area (Å²) in [6.07, 6.45) is -3.22. The Balaban J connectivity index is 1.26. The minimum Gasteiger partial charge on any atom is -0.376 e. The quantitative estimate of drug-likeness (QED) is 0.648. The highest BCUT2D eigenvalue weighted by atomic mass is 19.4. The number of aromatic nitrogens is 2. The van der Waals surface area contributed by atoms with E-state index in [4.69, 9.17) is 9.47 Å². The van der Waals surface area contributed by atoms with Crippen molar-refractivity contribution in [1.82, 2.24) is 15.1 Å². The Morgan fingerprint density at radius 1 is 1.03 bits per heavy atom. The Kier molecular flexibility index (Phi) is 6.43. The molecule has 0 amide bonds. The second-order valence-corrected chi connectivity index (χ2v) is 9.23. The Morgan fingerprint density at radius 2 is 1.79 bits per heavy atom. The summed E-state index contributed by atoms with van der Waals surface area (Å²) in [5, 5.41) is 10.4. The molecule has 1 aromatic heterocycles. The highest BCUT2D eigenvalue weighted by molar-refractivity contribution is 5.63. The number of alkyl halides is 3. The van der Waals surface area contributed by atoms with Gasteiger partial charge in [-0.25, -0.2) is 8.78 Å². The smallest absolute Gasteiger partial charge is 0.376 e. The van der Waals surface area contributed by atoms with Crippen molar-refractivity contribution in [2.24, 2.45) is 11.8 Å². The lowest BCUT2D eigenvalue weighted by Gasteiger charge is -2.28. The number of benzene rings is 1. The topological polar surface area (TPSA) is 59.5 Å². The lowest BCUT2D eigenvalue weighted by molar-refractivity contribution is -0.137. The zero-order valence-corrected chi connectivity index (χ0v) is 18.3. The molecule has 5 rings (SSSR count). The van der Waals surface area contributed by atoms with Crippen LogP contribution in [-0.2, 0) is 15.7 Å². The molecule has 3 heterocycles. The van der Waals surface area contributed by atoms with Crippen LogP contribution in [0.3, 0.4) is 0 Å². The Hall–Kier alpha value is -2.37. The number of anilines is 1. The Labute approximate surface area is 193 Å². The molecule has 0 unspecified atom stereocenters. The van der Waals surface area contributed by atoms with Crippen molar-refractivity contribution in [3.8, 4) is 11.3 Å². The predicted octanol–water partition coefficient (Wildman–Crippen LogP) is 3.98. The van der Waals surface area contributed by atoms with E-state index in [-0.39, 0.29) is 29.2 Å². The average molecular weight is 484 g/mol. The third kappa shape index (κ3) is 5.01. The predicted molar refractivity (Wildman–Crippen MR) is 113 cm³/mol. The molecule has 3 aliphatic rings. The normalized spacial score (nSPS) is 27.7. The van der Waals surface area contributed by atoms with Crippen LogP contribution in [0.15, 0.2) is 24.3 Å². The molecule has 1 N–H and O–H groups in total. The molecule has 11 heteroatoms. The van der Waals surface area contributed by atoms with Gasteiger partial charge in [0.2, 0.25) is 0 Å². The van der Waals surface area contributed by atoms with Gasteiger partial charge in [0.15, 0.2) is 5.82 Å². The van der Waals surface area contributed by atoms with Gasteiger partial charge in [0.25, 0.3) is 0 Å². The summed E-state index contributed by atoms with van der Waals surface area (Å²) < 4.78 is 80.2. The number of hydrogen-bond acceptors (Lipinski definition) is 6. The third-order valence-electron chi connectivity index (χ3n) is 6.82. The number of rotatable bonds is 5. The van der Waals surface area contributed by atoms with E-state index < -0.39 is 23.4 Å². The molecule has 1 saturated carbocycles. The molecule has 2 aliphatic heterocycles. The van der Waals surface area contributed by atoms with Crippen molar-refractivity contribution in [2.75, 3.05) is 44.8 Å². The average Bonchev–Trinajstić information content (AvgIpc) is 3.33.